The fourth-order valence-electron chi connectivity index (χ4n) is 2.21. The molecular weight excluding hydrogens is 306 g/mol. The zero-order chi connectivity index (χ0) is 16.4. The van der Waals surface area contributed by atoms with Crippen molar-refractivity contribution in [2.75, 3.05) is 11.1 Å². The molecule has 0 saturated heterocycles. The van der Waals surface area contributed by atoms with E-state index in [0.29, 0.717) is 15.6 Å². The third kappa shape index (κ3) is 3.24. The molecule has 0 amide bonds. The number of carbonyl (C=O) groups excluding carboxylic acids is 1. The number of nitrogen functional groups attached to an aromatic ring is 1. The van der Waals surface area contributed by atoms with Gasteiger partial charge in [0.2, 0.25) is 5.78 Å². The van der Waals surface area contributed by atoms with Crippen molar-refractivity contribution >= 4 is 33.8 Å². The maximum absolute atomic E-state index is 12.6. The minimum Gasteiger partial charge on any atom is -0.382 e. The molecule has 0 aliphatic rings. The molecule has 23 heavy (non-hydrogen) atoms. The zero-order valence-corrected chi connectivity index (χ0v) is 13.8. The lowest BCUT2D eigenvalue weighted by Gasteiger charge is -2.05. The lowest BCUT2D eigenvalue weighted by Crippen LogP contribution is -2.02. The van der Waals surface area contributed by atoms with Crippen LogP contribution in [0.5, 0.6) is 0 Å². The van der Waals surface area contributed by atoms with Crippen LogP contribution in [0.4, 0.5) is 16.6 Å². The van der Waals surface area contributed by atoms with E-state index in [-0.39, 0.29) is 11.6 Å². The fourth-order valence-corrected chi connectivity index (χ4v) is 3.07. The Labute approximate surface area is 139 Å². The van der Waals surface area contributed by atoms with Gasteiger partial charge in [-0.15, -0.1) is 0 Å². The number of aromatic nitrogens is 1. The van der Waals surface area contributed by atoms with Crippen LogP contribution in [0.3, 0.4) is 0 Å². The Bertz CT molecular complexity index is 853. The summed E-state index contributed by atoms with van der Waals surface area (Å²) < 4.78 is 0. The first-order valence-corrected chi connectivity index (χ1v) is 8.06. The number of nitrogens with two attached hydrogens (primary N) is 1. The maximum Gasteiger partial charge on any atom is 0.206 e. The quantitative estimate of drug-likeness (QED) is 0.702. The second kappa shape index (κ2) is 6.22. The SMILES string of the molecule is Cc1ccc(C(=O)c2sc(Nc3ccccc3C)nc2N)cc1. The molecule has 0 atom stereocenters. The second-order valence-corrected chi connectivity index (χ2v) is 6.37. The summed E-state index contributed by atoms with van der Waals surface area (Å²) >= 11 is 1.27. The van der Waals surface area contributed by atoms with Crippen LogP contribution in [0.25, 0.3) is 0 Å². The van der Waals surface area contributed by atoms with Gasteiger partial charge in [-0.1, -0.05) is 59.4 Å². The molecule has 1 aromatic heterocycles. The Hall–Kier alpha value is -2.66. The predicted octanol–water partition coefficient (Wildman–Crippen LogP) is 4.32. The average molecular weight is 323 g/mol. The molecule has 3 aromatic rings. The number of hydrogen-bond acceptors (Lipinski definition) is 5. The summed E-state index contributed by atoms with van der Waals surface area (Å²) in [4.78, 5) is 17.3. The molecule has 0 unspecified atom stereocenters. The van der Waals surface area contributed by atoms with E-state index in [2.05, 4.69) is 10.3 Å². The van der Waals surface area contributed by atoms with Gasteiger partial charge < -0.3 is 11.1 Å². The molecule has 3 rings (SSSR count). The molecule has 0 bridgehead atoms. The highest BCUT2D eigenvalue weighted by Gasteiger charge is 2.18. The number of para-hydroxylation sites is 1. The van der Waals surface area contributed by atoms with Crippen molar-refractivity contribution in [2.45, 2.75) is 13.8 Å². The van der Waals surface area contributed by atoms with Gasteiger partial charge >= 0.3 is 0 Å². The lowest BCUT2D eigenvalue weighted by atomic mass is 10.1. The average Bonchev–Trinajstić information content (AvgIpc) is 2.90. The highest BCUT2D eigenvalue weighted by atomic mass is 32.1. The van der Waals surface area contributed by atoms with E-state index in [1.54, 1.807) is 0 Å². The topological polar surface area (TPSA) is 68.0 Å². The van der Waals surface area contributed by atoms with Gasteiger partial charge in [0.1, 0.15) is 10.7 Å². The normalized spacial score (nSPS) is 10.5. The van der Waals surface area contributed by atoms with Gasteiger partial charge in [-0.2, -0.15) is 0 Å². The van der Waals surface area contributed by atoms with Crippen LogP contribution < -0.4 is 11.1 Å². The molecule has 0 saturated carbocycles. The molecule has 4 nitrogen and oxygen atoms in total. The molecule has 0 radical (unpaired) electrons. The third-order valence-electron chi connectivity index (χ3n) is 3.56. The highest BCUT2D eigenvalue weighted by Crippen LogP contribution is 2.30. The predicted molar refractivity (Wildman–Crippen MR) is 95.6 cm³/mol. The van der Waals surface area contributed by atoms with Crippen LogP contribution >= 0.6 is 11.3 Å². The molecule has 0 fully saturated rings. The summed E-state index contributed by atoms with van der Waals surface area (Å²) in [6.07, 6.45) is 0. The number of nitrogens with zero attached hydrogens (tertiary/aromatic N) is 1. The van der Waals surface area contributed by atoms with Gasteiger partial charge in [-0.25, -0.2) is 4.98 Å². The van der Waals surface area contributed by atoms with Crippen molar-refractivity contribution in [3.05, 3.63) is 70.1 Å². The van der Waals surface area contributed by atoms with Crippen LogP contribution in [0.1, 0.15) is 26.4 Å². The summed E-state index contributed by atoms with van der Waals surface area (Å²) in [5.74, 6) is 0.162. The van der Waals surface area contributed by atoms with Gasteiger partial charge in [0.25, 0.3) is 0 Å². The van der Waals surface area contributed by atoms with E-state index in [9.17, 15) is 4.79 Å². The van der Waals surface area contributed by atoms with Crippen molar-refractivity contribution in [2.24, 2.45) is 0 Å². The monoisotopic (exact) mass is 323 g/mol. The number of benzene rings is 2. The number of rotatable bonds is 4. The highest BCUT2D eigenvalue weighted by molar-refractivity contribution is 7.18. The Morgan fingerprint density at radius 3 is 2.48 bits per heavy atom. The molecular formula is C18H17N3OS. The number of carbonyl (C=O) groups is 1. The molecule has 0 aliphatic carbocycles. The van der Waals surface area contributed by atoms with Crippen LogP contribution in [-0.2, 0) is 0 Å². The van der Waals surface area contributed by atoms with E-state index in [0.717, 1.165) is 16.8 Å². The van der Waals surface area contributed by atoms with Gasteiger partial charge in [0, 0.05) is 11.3 Å². The Balaban J connectivity index is 1.87. The largest absolute Gasteiger partial charge is 0.382 e. The molecule has 116 valence electrons. The minimum absolute atomic E-state index is 0.0992. The second-order valence-electron chi connectivity index (χ2n) is 5.37. The van der Waals surface area contributed by atoms with Gasteiger partial charge in [-0.05, 0) is 25.5 Å². The first-order chi connectivity index (χ1) is 11.0. The van der Waals surface area contributed by atoms with Crippen molar-refractivity contribution in [3.8, 4) is 0 Å². The summed E-state index contributed by atoms with van der Waals surface area (Å²) in [6.45, 7) is 4.00. The van der Waals surface area contributed by atoms with E-state index < -0.39 is 0 Å². The van der Waals surface area contributed by atoms with Crippen LogP contribution in [0, 0.1) is 13.8 Å². The van der Waals surface area contributed by atoms with Gasteiger partial charge in [-0.3, -0.25) is 4.79 Å². The molecule has 2 aromatic carbocycles. The van der Waals surface area contributed by atoms with E-state index in [1.165, 1.54) is 11.3 Å². The number of nitrogens with one attached hydrogen (secondary N) is 1. The van der Waals surface area contributed by atoms with Crippen molar-refractivity contribution < 1.29 is 4.79 Å². The first kappa shape index (κ1) is 15.2. The number of aryl methyl sites for hydroxylation is 2. The van der Waals surface area contributed by atoms with Crippen LogP contribution in [-0.4, -0.2) is 10.8 Å². The van der Waals surface area contributed by atoms with Gasteiger partial charge in [0.15, 0.2) is 5.13 Å². The number of anilines is 3. The smallest absolute Gasteiger partial charge is 0.206 e. The molecule has 5 heteroatoms. The van der Waals surface area contributed by atoms with E-state index >= 15 is 0 Å². The van der Waals surface area contributed by atoms with Crippen LogP contribution in [0.2, 0.25) is 0 Å². The summed E-state index contributed by atoms with van der Waals surface area (Å²) in [6, 6.07) is 15.4. The first-order valence-electron chi connectivity index (χ1n) is 7.25. The molecule has 0 aliphatic heterocycles. The van der Waals surface area contributed by atoms with Crippen LogP contribution in [0.15, 0.2) is 48.5 Å². The zero-order valence-electron chi connectivity index (χ0n) is 13.0. The Kier molecular flexibility index (Phi) is 4.12. The third-order valence-corrected chi connectivity index (χ3v) is 4.55. The molecule has 0 spiro atoms. The summed E-state index contributed by atoms with van der Waals surface area (Å²) in [5.41, 5.74) is 9.73. The summed E-state index contributed by atoms with van der Waals surface area (Å²) in [7, 11) is 0. The number of thiazole rings is 1. The molecule has 1 heterocycles. The van der Waals surface area contributed by atoms with E-state index in [4.69, 9.17) is 5.73 Å². The number of hydrogen-bond donors (Lipinski definition) is 2. The fraction of sp³-hybridized carbons (Fsp3) is 0.111. The van der Waals surface area contributed by atoms with Crippen molar-refractivity contribution in [1.29, 1.82) is 0 Å². The maximum atomic E-state index is 12.6. The Morgan fingerprint density at radius 2 is 1.78 bits per heavy atom. The summed E-state index contributed by atoms with van der Waals surface area (Å²) in [5, 5.41) is 3.84. The van der Waals surface area contributed by atoms with Crippen molar-refractivity contribution in [3.63, 3.8) is 0 Å². The Morgan fingerprint density at radius 1 is 1.09 bits per heavy atom. The van der Waals surface area contributed by atoms with Gasteiger partial charge in [0.05, 0.1) is 0 Å². The molecule has 3 N–H and O–H groups in total. The lowest BCUT2D eigenvalue weighted by molar-refractivity contribution is 0.104. The minimum atomic E-state index is -0.0992. The standard InChI is InChI=1S/C18H17N3OS/c1-11-7-9-13(10-8-11)15(22)16-17(19)21-18(23-16)20-14-6-4-3-5-12(14)2/h3-10H,19H2,1-2H3,(H,20,21). The number of ketones is 1. The van der Waals surface area contributed by atoms with Crippen molar-refractivity contribution in [1.82, 2.24) is 4.98 Å². The van der Waals surface area contributed by atoms with E-state index in [1.807, 2.05) is 62.4 Å².